The fourth-order valence-electron chi connectivity index (χ4n) is 1.06. The maximum Gasteiger partial charge on any atom is 0.150 e. The van der Waals surface area contributed by atoms with Crippen LogP contribution in [0.4, 0.5) is 0 Å². The number of methoxy groups -OCH3 is 1. The molecular formula is C11H12O2S. The molecule has 2 nitrogen and oxygen atoms in total. The maximum absolute atomic E-state index is 10.4. The average Bonchev–Trinajstić information content (AvgIpc) is 2.65. The van der Waals surface area contributed by atoms with E-state index in [1.807, 2.05) is 29.6 Å². The number of hydrogen-bond donors (Lipinski definition) is 0. The molecule has 3 heteroatoms. The first-order valence-corrected chi connectivity index (χ1v) is 5.02. The molecule has 0 saturated carbocycles. The summed E-state index contributed by atoms with van der Waals surface area (Å²) in [5, 5.41) is 3.18. The topological polar surface area (TPSA) is 26.3 Å². The van der Waals surface area contributed by atoms with E-state index >= 15 is 0 Å². The minimum Gasteiger partial charge on any atom is -0.388 e. The van der Waals surface area contributed by atoms with E-state index in [9.17, 15) is 4.79 Å². The number of rotatable bonds is 1. The summed E-state index contributed by atoms with van der Waals surface area (Å²) in [6, 6.07) is 7.74. The Labute approximate surface area is 87.1 Å². The van der Waals surface area contributed by atoms with Gasteiger partial charge >= 0.3 is 0 Å². The number of aldehydes is 1. The molecule has 0 fully saturated rings. The van der Waals surface area contributed by atoms with Crippen LogP contribution in [0, 0.1) is 0 Å². The van der Waals surface area contributed by atoms with Gasteiger partial charge in [-0.05, 0) is 29.0 Å². The SMILES string of the molecule is COC.O=Cc1ccc2sccc2c1. The highest BCUT2D eigenvalue weighted by Gasteiger charge is 1.94. The van der Waals surface area contributed by atoms with Crippen molar-refractivity contribution >= 4 is 27.7 Å². The molecule has 1 heterocycles. The number of ether oxygens (including phenoxy) is 1. The summed E-state index contributed by atoms with van der Waals surface area (Å²) in [4.78, 5) is 10.4. The van der Waals surface area contributed by atoms with Crippen molar-refractivity contribution < 1.29 is 9.53 Å². The van der Waals surface area contributed by atoms with Crippen LogP contribution in [-0.4, -0.2) is 20.5 Å². The molecule has 1 aromatic heterocycles. The number of carbonyl (C=O) groups excluding carboxylic acids is 1. The molecule has 0 spiro atoms. The summed E-state index contributed by atoms with van der Waals surface area (Å²) in [5.41, 5.74) is 0.746. The van der Waals surface area contributed by atoms with Gasteiger partial charge in [-0.1, -0.05) is 6.07 Å². The molecule has 0 aliphatic heterocycles. The first-order valence-electron chi connectivity index (χ1n) is 4.14. The van der Waals surface area contributed by atoms with Crippen molar-refractivity contribution in [2.45, 2.75) is 0 Å². The summed E-state index contributed by atoms with van der Waals surface area (Å²) >= 11 is 1.69. The fourth-order valence-corrected chi connectivity index (χ4v) is 1.83. The van der Waals surface area contributed by atoms with E-state index in [0.29, 0.717) is 0 Å². The quantitative estimate of drug-likeness (QED) is 0.673. The molecular weight excluding hydrogens is 196 g/mol. The summed E-state index contributed by atoms with van der Waals surface area (Å²) in [6.07, 6.45) is 0.872. The summed E-state index contributed by atoms with van der Waals surface area (Å²) < 4.78 is 5.48. The van der Waals surface area contributed by atoms with E-state index in [4.69, 9.17) is 0 Å². The molecule has 0 aliphatic rings. The third-order valence-electron chi connectivity index (χ3n) is 1.61. The molecule has 14 heavy (non-hydrogen) atoms. The Morgan fingerprint density at radius 2 is 2.00 bits per heavy atom. The molecule has 1 aromatic carbocycles. The molecule has 0 saturated heterocycles. The Kier molecular flexibility index (Phi) is 4.29. The van der Waals surface area contributed by atoms with E-state index in [0.717, 1.165) is 17.2 Å². The van der Waals surface area contributed by atoms with Gasteiger partial charge in [-0.25, -0.2) is 0 Å². The van der Waals surface area contributed by atoms with Crippen LogP contribution in [0.5, 0.6) is 0 Å². The summed E-state index contributed by atoms with van der Waals surface area (Å²) in [7, 11) is 3.25. The summed E-state index contributed by atoms with van der Waals surface area (Å²) in [6.45, 7) is 0. The number of hydrogen-bond acceptors (Lipinski definition) is 3. The van der Waals surface area contributed by atoms with Gasteiger partial charge in [0.25, 0.3) is 0 Å². The molecule has 0 radical (unpaired) electrons. The van der Waals surface area contributed by atoms with Crippen LogP contribution in [0.15, 0.2) is 29.6 Å². The third-order valence-corrected chi connectivity index (χ3v) is 2.51. The van der Waals surface area contributed by atoms with Gasteiger partial charge in [-0.15, -0.1) is 11.3 Å². The molecule has 0 bridgehead atoms. The average molecular weight is 208 g/mol. The highest BCUT2D eigenvalue weighted by Crippen LogP contribution is 2.20. The largest absolute Gasteiger partial charge is 0.388 e. The van der Waals surface area contributed by atoms with Crippen molar-refractivity contribution in [1.82, 2.24) is 0 Å². The second-order valence-corrected chi connectivity index (χ2v) is 3.69. The fraction of sp³-hybridized carbons (Fsp3) is 0.182. The zero-order valence-corrected chi connectivity index (χ0v) is 9.01. The van der Waals surface area contributed by atoms with Crippen molar-refractivity contribution in [3.8, 4) is 0 Å². The van der Waals surface area contributed by atoms with Gasteiger partial charge in [0.1, 0.15) is 6.29 Å². The molecule has 74 valence electrons. The number of fused-ring (bicyclic) bond motifs is 1. The normalized spacial score (nSPS) is 9.29. The lowest BCUT2D eigenvalue weighted by Crippen LogP contribution is -1.75. The van der Waals surface area contributed by atoms with E-state index in [2.05, 4.69) is 4.74 Å². The zero-order valence-electron chi connectivity index (χ0n) is 8.19. The standard InChI is InChI=1S/C9H6OS.C2H6O/c10-6-7-1-2-9-8(5-7)3-4-11-9;1-3-2/h1-6H;1-2H3. The molecule has 2 rings (SSSR count). The van der Waals surface area contributed by atoms with Crippen molar-refractivity contribution in [3.05, 3.63) is 35.2 Å². The first-order chi connectivity index (χ1) is 6.81. The van der Waals surface area contributed by atoms with Crippen LogP contribution >= 0.6 is 11.3 Å². The van der Waals surface area contributed by atoms with Gasteiger partial charge < -0.3 is 4.74 Å². The van der Waals surface area contributed by atoms with Crippen LogP contribution in [0.25, 0.3) is 10.1 Å². The van der Waals surface area contributed by atoms with Crippen molar-refractivity contribution in [1.29, 1.82) is 0 Å². The Morgan fingerprint density at radius 1 is 1.29 bits per heavy atom. The Balaban J connectivity index is 0.000000293. The minimum atomic E-state index is 0.746. The van der Waals surface area contributed by atoms with Gasteiger partial charge in [0.05, 0.1) is 0 Å². The van der Waals surface area contributed by atoms with Crippen LogP contribution in [0.3, 0.4) is 0 Å². The van der Waals surface area contributed by atoms with E-state index in [1.165, 1.54) is 4.70 Å². The van der Waals surface area contributed by atoms with Gasteiger partial charge in [-0.2, -0.15) is 0 Å². The van der Waals surface area contributed by atoms with E-state index in [-0.39, 0.29) is 0 Å². The van der Waals surface area contributed by atoms with E-state index < -0.39 is 0 Å². The molecule has 0 aliphatic carbocycles. The van der Waals surface area contributed by atoms with Gasteiger partial charge in [0.2, 0.25) is 0 Å². The van der Waals surface area contributed by atoms with Gasteiger partial charge in [0.15, 0.2) is 0 Å². The predicted molar refractivity (Wildman–Crippen MR) is 60.1 cm³/mol. The van der Waals surface area contributed by atoms with Crippen molar-refractivity contribution in [2.75, 3.05) is 14.2 Å². The van der Waals surface area contributed by atoms with Crippen LogP contribution in [0.2, 0.25) is 0 Å². The molecule has 0 amide bonds. The lowest BCUT2D eigenvalue weighted by atomic mass is 10.2. The Morgan fingerprint density at radius 3 is 2.64 bits per heavy atom. The van der Waals surface area contributed by atoms with E-state index in [1.54, 1.807) is 25.6 Å². The second-order valence-electron chi connectivity index (χ2n) is 2.74. The zero-order chi connectivity index (χ0) is 10.4. The number of thiophene rings is 1. The maximum atomic E-state index is 10.4. The monoisotopic (exact) mass is 208 g/mol. The lowest BCUT2D eigenvalue weighted by Gasteiger charge is -1.89. The van der Waals surface area contributed by atoms with Gasteiger partial charge in [0, 0.05) is 24.5 Å². The molecule has 0 unspecified atom stereocenters. The van der Waals surface area contributed by atoms with Crippen molar-refractivity contribution in [3.63, 3.8) is 0 Å². The molecule has 0 atom stereocenters. The van der Waals surface area contributed by atoms with Crippen LogP contribution in [-0.2, 0) is 4.74 Å². The minimum absolute atomic E-state index is 0.746. The third kappa shape index (κ3) is 2.65. The molecule has 2 aromatic rings. The number of benzene rings is 1. The van der Waals surface area contributed by atoms with Crippen LogP contribution in [0.1, 0.15) is 10.4 Å². The lowest BCUT2D eigenvalue weighted by molar-refractivity contribution is 0.112. The predicted octanol–water partition coefficient (Wildman–Crippen LogP) is 2.98. The highest BCUT2D eigenvalue weighted by atomic mass is 32.1. The van der Waals surface area contributed by atoms with Gasteiger partial charge in [-0.3, -0.25) is 4.79 Å². The highest BCUT2D eigenvalue weighted by molar-refractivity contribution is 7.17. The second kappa shape index (κ2) is 5.52. The Bertz CT molecular complexity index is 406. The first kappa shape index (κ1) is 10.9. The summed E-state index contributed by atoms with van der Waals surface area (Å²) in [5.74, 6) is 0. The smallest absolute Gasteiger partial charge is 0.150 e. The molecule has 0 N–H and O–H groups in total. The number of carbonyl (C=O) groups is 1. The van der Waals surface area contributed by atoms with Crippen molar-refractivity contribution in [2.24, 2.45) is 0 Å². The Hall–Kier alpha value is -1.19. The van der Waals surface area contributed by atoms with Crippen LogP contribution < -0.4 is 0 Å².